The van der Waals surface area contributed by atoms with E-state index in [4.69, 9.17) is 5.11 Å². The Bertz CT molecular complexity index is 286. The van der Waals surface area contributed by atoms with Gasteiger partial charge in [-0.05, 0) is 6.07 Å². The summed E-state index contributed by atoms with van der Waals surface area (Å²) in [6, 6.07) is 4.67. The molecule has 0 aliphatic rings. The molecule has 1 nitrogen and oxygen atoms in total. The number of halogens is 3. The number of alkyl halides is 2. The van der Waals surface area contributed by atoms with Crippen molar-refractivity contribution in [2.45, 2.75) is 12.3 Å². The summed E-state index contributed by atoms with van der Waals surface area (Å²) in [5.74, 6) is -4.24. The number of aliphatic hydroxyl groups is 1. The Labute approximate surface area is 73.8 Å². The molecular formula is C9H9F3O. The Balaban J connectivity index is 2.99. The highest BCUT2D eigenvalue weighted by Crippen LogP contribution is 2.32. The average molecular weight is 190 g/mol. The van der Waals surface area contributed by atoms with Gasteiger partial charge in [0.2, 0.25) is 0 Å². The third kappa shape index (κ3) is 2.21. The summed E-state index contributed by atoms with van der Waals surface area (Å²) in [5, 5.41) is 8.35. The zero-order valence-corrected chi connectivity index (χ0v) is 6.80. The molecule has 72 valence electrons. The van der Waals surface area contributed by atoms with Crippen molar-refractivity contribution in [3.63, 3.8) is 0 Å². The molecule has 0 bridgehead atoms. The SMILES string of the molecule is OCCC(F)(F)c1ccccc1F. The van der Waals surface area contributed by atoms with Crippen LogP contribution in [0.4, 0.5) is 13.2 Å². The van der Waals surface area contributed by atoms with Crippen molar-refractivity contribution in [2.24, 2.45) is 0 Å². The largest absolute Gasteiger partial charge is 0.396 e. The van der Waals surface area contributed by atoms with Crippen LogP contribution >= 0.6 is 0 Å². The van der Waals surface area contributed by atoms with Crippen LogP contribution in [0.2, 0.25) is 0 Å². The zero-order valence-electron chi connectivity index (χ0n) is 6.80. The second kappa shape index (κ2) is 3.79. The smallest absolute Gasteiger partial charge is 0.278 e. The Hall–Kier alpha value is -1.03. The van der Waals surface area contributed by atoms with Crippen LogP contribution in [0.25, 0.3) is 0 Å². The molecule has 0 spiro atoms. The highest BCUT2D eigenvalue weighted by molar-refractivity contribution is 5.22. The predicted octanol–water partition coefficient (Wildman–Crippen LogP) is 2.30. The van der Waals surface area contributed by atoms with E-state index in [2.05, 4.69) is 0 Å². The van der Waals surface area contributed by atoms with E-state index in [0.717, 1.165) is 12.1 Å². The van der Waals surface area contributed by atoms with Crippen LogP contribution in [0.3, 0.4) is 0 Å². The standard InChI is InChI=1S/C9H9F3O/c10-8-4-2-1-3-7(8)9(11,12)5-6-13/h1-4,13H,5-6H2. The van der Waals surface area contributed by atoms with Gasteiger partial charge >= 0.3 is 0 Å². The Morgan fingerprint density at radius 2 is 1.85 bits per heavy atom. The molecule has 1 aromatic carbocycles. The number of aliphatic hydroxyl groups excluding tert-OH is 1. The van der Waals surface area contributed by atoms with Gasteiger partial charge in [-0.25, -0.2) is 13.2 Å². The maximum absolute atomic E-state index is 13.0. The molecule has 1 rings (SSSR count). The molecule has 0 aliphatic carbocycles. The maximum atomic E-state index is 13.0. The molecule has 1 N–H and O–H groups in total. The van der Waals surface area contributed by atoms with Crippen molar-refractivity contribution >= 4 is 0 Å². The third-order valence-corrected chi connectivity index (χ3v) is 1.69. The highest BCUT2D eigenvalue weighted by atomic mass is 19.3. The monoisotopic (exact) mass is 190 g/mol. The lowest BCUT2D eigenvalue weighted by atomic mass is 10.1. The first-order valence-electron chi connectivity index (χ1n) is 3.81. The molecule has 0 amide bonds. The van der Waals surface area contributed by atoms with Crippen LogP contribution in [-0.4, -0.2) is 11.7 Å². The van der Waals surface area contributed by atoms with Gasteiger partial charge in [0.05, 0.1) is 5.56 Å². The number of rotatable bonds is 3. The van der Waals surface area contributed by atoms with Gasteiger partial charge in [0, 0.05) is 13.0 Å². The average Bonchev–Trinajstić information content (AvgIpc) is 2.04. The molecule has 0 aliphatic heterocycles. The molecular weight excluding hydrogens is 181 g/mol. The quantitative estimate of drug-likeness (QED) is 0.775. The summed E-state index contributed by atoms with van der Waals surface area (Å²) in [4.78, 5) is 0. The lowest BCUT2D eigenvalue weighted by Gasteiger charge is -2.15. The molecule has 1 aromatic rings. The molecule has 13 heavy (non-hydrogen) atoms. The van der Waals surface area contributed by atoms with Crippen molar-refractivity contribution in [1.82, 2.24) is 0 Å². The predicted molar refractivity (Wildman–Crippen MR) is 42.0 cm³/mol. The summed E-state index contributed by atoms with van der Waals surface area (Å²) in [7, 11) is 0. The minimum Gasteiger partial charge on any atom is -0.396 e. The summed E-state index contributed by atoms with van der Waals surface area (Å²) >= 11 is 0. The van der Waals surface area contributed by atoms with Crippen molar-refractivity contribution in [2.75, 3.05) is 6.61 Å². The summed E-state index contributed by atoms with van der Waals surface area (Å²) in [6.07, 6.45) is -0.756. The Kier molecular flexibility index (Phi) is 2.93. The minimum absolute atomic E-state index is 0.663. The van der Waals surface area contributed by atoms with E-state index >= 15 is 0 Å². The number of hydrogen-bond donors (Lipinski definition) is 1. The van der Waals surface area contributed by atoms with Gasteiger partial charge < -0.3 is 5.11 Å². The molecule has 0 aromatic heterocycles. The highest BCUT2D eigenvalue weighted by Gasteiger charge is 2.33. The van der Waals surface area contributed by atoms with E-state index in [1.165, 1.54) is 12.1 Å². The topological polar surface area (TPSA) is 20.2 Å². The van der Waals surface area contributed by atoms with Gasteiger partial charge in [-0.15, -0.1) is 0 Å². The van der Waals surface area contributed by atoms with Gasteiger partial charge in [0.1, 0.15) is 5.82 Å². The van der Waals surface area contributed by atoms with Crippen LogP contribution in [0.15, 0.2) is 24.3 Å². The minimum atomic E-state index is -3.29. The second-order valence-electron chi connectivity index (χ2n) is 2.66. The van der Waals surface area contributed by atoms with Crippen molar-refractivity contribution in [3.05, 3.63) is 35.6 Å². The van der Waals surface area contributed by atoms with E-state index in [1.807, 2.05) is 0 Å². The molecule has 0 fully saturated rings. The number of benzene rings is 1. The van der Waals surface area contributed by atoms with Gasteiger partial charge in [0.15, 0.2) is 0 Å². The van der Waals surface area contributed by atoms with Gasteiger partial charge in [0.25, 0.3) is 5.92 Å². The third-order valence-electron chi connectivity index (χ3n) is 1.69. The van der Waals surface area contributed by atoms with E-state index in [-0.39, 0.29) is 0 Å². The molecule has 0 unspecified atom stereocenters. The summed E-state index contributed by atoms with van der Waals surface area (Å²) in [5.41, 5.74) is -0.663. The van der Waals surface area contributed by atoms with Crippen molar-refractivity contribution in [3.8, 4) is 0 Å². The first kappa shape index (κ1) is 10.1. The zero-order chi connectivity index (χ0) is 9.90. The van der Waals surface area contributed by atoms with Crippen LogP contribution in [0.1, 0.15) is 12.0 Å². The molecule has 0 saturated carbocycles. The van der Waals surface area contributed by atoms with Crippen LogP contribution in [0.5, 0.6) is 0 Å². The molecule has 4 heteroatoms. The second-order valence-corrected chi connectivity index (χ2v) is 2.66. The van der Waals surface area contributed by atoms with Gasteiger partial charge in [-0.3, -0.25) is 0 Å². The fourth-order valence-corrected chi connectivity index (χ4v) is 1.03. The van der Waals surface area contributed by atoms with E-state index in [1.54, 1.807) is 0 Å². The van der Waals surface area contributed by atoms with Crippen molar-refractivity contribution in [1.29, 1.82) is 0 Å². The Morgan fingerprint density at radius 1 is 1.23 bits per heavy atom. The molecule has 0 heterocycles. The van der Waals surface area contributed by atoms with E-state index in [9.17, 15) is 13.2 Å². The van der Waals surface area contributed by atoms with Crippen molar-refractivity contribution < 1.29 is 18.3 Å². The van der Waals surface area contributed by atoms with Gasteiger partial charge in [-0.2, -0.15) is 0 Å². The fraction of sp³-hybridized carbons (Fsp3) is 0.333. The summed E-state index contributed by atoms with van der Waals surface area (Å²) in [6.45, 7) is -0.665. The van der Waals surface area contributed by atoms with Crippen LogP contribution < -0.4 is 0 Å². The molecule has 0 radical (unpaired) electrons. The summed E-state index contributed by atoms with van der Waals surface area (Å²) < 4.78 is 38.9. The van der Waals surface area contributed by atoms with E-state index < -0.39 is 30.3 Å². The first-order chi connectivity index (χ1) is 6.08. The van der Waals surface area contributed by atoms with Gasteiger partial charge in [-0.1, -0.05) is 18.2 Å². The molecule has 0 saturated heterocycles. The fourth-order valence-electron chi connectivity index (χ4n) is 1.03. The lowest BCUT2D eigenvalue weighted by molar-refractivity contribution is -0.0299. The lowest BCUT2D eigenvalue weighted by Crippen LogP contribution is -2.16. The maximum Gasteiger partial charge on any atom is 0.278 e. The first-order valence-corrected chi connectivity index (χ1v) is 3.81. The van der Waals surface area contributed by atoms with Crippen LogP contribution in [0, 0.1) is 5.82 Å². The molecule has 0 atom stereocenters. The normalized spacial score (nSPS) is 11.7. The Morgan fingerprint density at radius 3 is 2.38 bits per heavy atom. The van der Waals surface area contributed by atoms with Crippen LogP contribution in [-0.2, 0) is 5.92 Å². The number of hydrogen-bond acceptors (Lipinski definition) is 1. The van der Waals surface area contributed by atoms with E-state index in [0.29, 0.717) is 0 Å².